The molecule has 0 spiro atoms. The van der Waals surface area contributed by atoms with E-state index in [0.29, 0.717) is 0 Å². The van der Waals surface area contributed by atoms with E-state index in [1.807, 2.05) is 0 Å². The molecule has 0 bridgehead atoms. The van der Waals surface area contributed by atoms with Crippen LogP contribution in [0.3, 0.4) is 0 Å². The summed E-state index contributed by atoms with van der Waals surface area (Å²) in [5.41, 5.74) is 5.12. The van der Waals surface area contributed by atoms with Gasteiger partial charge in [-0.1, -0.05) is 15.2 Å². The molecule has 1 unspecified atom stereocenters. The molecule has 0 aromatic rings. The summed E-state index contributed by atoms with van der Waals surface area (Å²) in [6.45, 7) is 0.281. The van der Waals surface area contributed by atoms with E-state index in [9.17, 15) is 28.7 Å². The van der Waals surface area contributed by atoms with E-state index in [-0.39, 0.29) is 144 Å². The molecule has 0 aromatic carbocycles. The molecule has 14 heteroatoms. The van der Waals surface area contributed by atoms with Crippen LogP contribution in [0.5, 0.6) is 0 Å². The van der Waals surface area contributed by atoms with E-state index in [2.05, 4.69) is 5.32 Å². The fourth-order valence-corrected chi connectivity index (χ4v) is 2.52. The first-order valence-electron chi connectivity index (χ1n) is 4.63. The molecule has 1 atom stereocenters. The van der Waals surface area contributed by atoms with Crippen LogP contribution in [0.4, 0.5) is 0 Å². The van der Waals surface area contributed by atoms with Crippen molar-refractivity contribution in [2.75, 3.05) is 19.3 Å². The Kier molecular flexibility index (Phi) is 31.9. The van der Waals surface area contributed by atoms with Crippen molar-refractivity contribution in [3.63, 3.8) is 0 Å². The average molecular weight is 364 g/mol. The fourth-order valence-electron chi connectivity index (χ4n) is 1.10. The van der Waals surface area contributed by atoms with Gasteiger partial charge in [-0.2, -0.15) is 0 Å². The number of hydrogen-bond acceptors (Lipinski definition) is 8. The van der Waals surface area contributed by atoms with Gasteiger partial charge in [0.15, 0.2) is 0 Å². The smallest absolute Gasteiger partial charge is 0.811 e. The summed E-state index contributed by atoms with van der Waals surface area (Å²) in [4.78, 5) is 42.0. The third-order valence-corrected chi connectivity index (χ3v) is 3.88. The van der Waals surface area contributed by atoms with Crippen LogP contribution in [0.25, 0.3) is 0 Å². The number of hydrogen-bond donors (Lipinski definition) is 2. The van der Waals surface area contributed by atoms with E-state index in [1.165, 1.54) is 0 Å². The molecule has 0 amide bonds. The summed E-state index contributed by atoms with van der Waals surface area (Å²) in [5.74, 6) is -1.37. The number of nitrogens with two attached hydrogens (primary N) is 1. The van der Waals surface area contributed by atoms with Gasteiger partial charge in [-0.05, 0) is 19.0 Å². The van der Waals surface area contributed by atoms with E-state index < -0.39 is 27.1 Å². The molecule has 98 valence electrons. The molecule has 0 radical (unpaired) electrons. The van der Waals surface area contributed by atoms with Gasteiger partial charge in [0.05, 0.1) is 0 Å². The SMILES string of the molecule is NCCNC(CCCP(=O)([O-])[O-])P(=O)([O-])[O-].[Na+].[Na+].[Na+].[Na+]. The molecule has 0 saturated heterocycles. The topological polar surface area (TPSA) is 164 Å². The van der Waals surface area contributed by atoms with Gasteiger partial charge in [0, 0.05) is 18.9 Å². The first-order valence-corrected chi connectivity index (χ1v) is 7.97. The molecular formula is C6H14N2Na4O6P2. The maximum Gasteiger partial charge on any atom is 1.00 e. The molecule has 3 N–H and O–H groups in total. The molecule has 20 heavy (non-hydrogen) atoms. The number of rotatable bonds is 8. The standard InChI is InChI=1S/C6H18N2O6P2.4Na/c7-3-4-8-6(16(12,13)14)2-1-5-15(9,10)11;;;;/h6,8H,1-5,7H2,(H2,9,10,11)(H2,12,13,14);;;;/q;4*+1/p-4. The van der Waals surface area contributed by atoms with Crippen LogP contribution in [0.15, 0.2) is 0 Å². The monoisotopic (exact) mass is 364 g/mol. The predicted octanol–water partition coefficient (Wildman–Crippen LogP) is -15.5. The maximum atomic E-state index is 10.7. The molecule has 0 aromatic heterocycles. The first-order chi connectivity index (χ1) is 7.17. The second-order valence-electron chi connectivity index (χ2n) is 3.28. The molecule has 0 saturated carbocycles. The number of nitrogens with one attached hydrogen (secondary N) is 1. The molecule has 0 aliphatic carbocycles. The minimum atomic E-state index is -4.85. The quantitative estimate of drug-likeness (QED) is 0.317. The third kappa shape index (κ3) is 22.2. The van der Waals surface area contributed by atoms with Crippen LogP contribution >= 0.6 is 15.2 Å². The second-order valence-corrected chi connectivity index (χ2v) is 6.65. The van der Waals surface area contributed by atoms with E-state index in [1.54, 1.807) is 0 Å². The zero-order valence-electron chi connectivity index (χ0n) is 12.5. The van der Waals surface area contributed by atoms with Crippen molar-refractivity contribution < 1.29 is 147 Å². The fraction of sp³-hybridized carbons (Fsp3) is 1.00. The normalized spacial score (nSPS) is 12.1. The Balaban J connectivity index is -0.000000187. The Bertz CT molecular complexity index is 301. The van der Waals surface area contributed by atoms with Crippen LogP contribution in [0.1, 0.15) is 12.8 Å². The summed E-state index contributed by atoms with van der Waals surface area (Å²) >= 11 is 0. The zero-order chi connectivity index (χ0) is 12.8. The summed E-state index contributed by atoms with van der Waals surface area (Å²) < 4.78 is 21.0. The van der Waals surface area contributed by atoms with Crippen molar-refractivity contribution in [1.29, 1.82) is 0 Å². The molecule has 8 nitrogen and oxygen atoms in total. The summed E-state index contributed by atoms with van der Waals surface area (Å²) in [6.07, 6.45) is -1.03. The average Bonchev–Trinajstić information content (AvgIpc) is 2.06. The Morgan fingerprint density at radius 3 is 1.75 bits per heavy atom. The van der Waals surface area contributed by atoms with Crippen molar-refractivity contribution >= 4 is 15.2 Å². The van der Waals surface area contributed by atoms with E-state index in [0.717, 1.165) is 0 Å². The molecule has 0 aliphatic heterocycles. The summed E-state index contributed by atoms with van der Waals surface area (Å²) in [6, 6.07) is 0. The minimum absolute atomic E-state index is 0. The van der Waals surface area contributed by atoms with Crippen LogP contribution < -0.4 is 149 Å². The van der Waals surface area contributed by atoms with Crippen molar-refractivity contribution in [3.05, 3.63) is 0 Å². The summed E-state index contributed by atoms with van der Waals surface area (Å²) in [7, 11) is -9.49. The van der Waals surface area contributed by atoms with Gasteiger partial charge in [-0.15, -0.1) is 0 Å². The van der Waals surface area contributed by atoms with Crippen molar-refractivity contribution in [2.45, 2.75) is 18.6 Å². The zero-order valence-corrected chi connectivity index (χ0v) is 22.3. The largest absolute Gasteiger partial charge is 1.00 e. The molecule has 0 rings (SSSR count). The van der Waals surface area contributed by atoms with Gasteiger partial charge in [0.1, 0.15) is 0 Å². The van der Waals surface area contributed by atoms with Crippen molar-refractivity contribution in [3.8, 4) is 0 Å². The van der Waals surface area contributed by atoms with E-state index in [4.69, 9.17) is 5.73 Å². The molecule has 0 heterocycles. The van der Waals surface area contributed by atoms with Gasteiger partial charge in [0.2, 0.25) is 0 Å². The second kappa shape index (κ2) is 18.0. The van der Waals surface area contributed by atoms with Gasteiger partial charge in [0.25, 0.3) is 0 Å². The molecule has 0 fully saturated rings. The predicted molar refractivity (Wildman–Crippen MR) is 50.2 cm³/mol. The van der Waals surface area contributed by atoms with Crippen LogP contribution in [0, 0.1) is 0 Å². The Morgan fingerprint density at radius 1 is 1.00 bits per heavy atom. The Labute approximate surface area is 207 Å². The van der Waals surface area contributed by atoms with Crippen LogP contribution in [-0.2, 0) is 9.13 Å². The Morgan fingerprint density at radius 2 is 1.45 bits per heavy atom. The molecule has 0 aliphatic rings. The van der Waals surface area contributed by atoms with Crippen molar-refractivity contribution in [2.24, 2.45) is 5.73 Å². The van der Waals surface area contributed by atoms with Gasteiger partial charge in [-0.25, -0.2) is 0 Å². The van der Waals surface area contributed by atoms with E-state index >= 15 is 0 Å². The van der Waals surface area contributed by atoms with Gasteiger partial charge in [-0.3, -0.25) is 0 Å². The molecular weight excluding hydrogens is 350 g/mol. The van der Waals surface area contributed by atoms with Crippen LogP contribution in [-0.4, -0.2) is 25.0 Å². The van der Waals surface area contributed by atoms with Gasteiger partial charge < -0.3 is 39.8 Å². The third-order valence-electron chi connectivity index (χ3n) is 1.82. The minimum Gasteiger partial charge on any atom is -0.811 e. The van der Waals surface area contributed by atoms with Crippen molar-refractivity contribution in [1.82, 2.24) is 5.32 Å². The maximum absolute atomic E-state index is 10.7. The van der Waals surface area contributed by atoms with Gasteiger partial charge >= 0.3 is 118 Å². The first kappa shape index (κ1) is 35.4. The Hall–Kier alpha value is 4.22. The summed E-state index contributed by atoms with van der Waals surface area (Å²) in [5, 5.41) is 2.39. The van der Waals surface area contributed by atoms with Crippen LogP contribution in [0.2, 0.25) is 0 Å².